The number of piperidine rings is 1. The van der Waals surface area contributed by atoms with Crippen LogP contribution in [0.4, 0.5) is 13.2 Å². The molecule has 1 aliphatic heterocycles. The van der Waals surface area contributed by atoms with Crippen LogP contribution in [0.3, 0.4) is 0 Å². The Hall–Kier alpha value is -1.64. The molecule has 1 aliphatic rings. The molecule has 1 fully saturated rings. The van der Waals surface area contributed by atoms with E-state index in [0.29, 0.717) is 44.6 Å². The second-order valence-corrected chi connectivity index (χ2v) is 5.90. The van der Waals surface area contributed by atoms with Gasteiger partial charge in [0.2, 0.25) is 0 Å². The molecule has 1 unspecified atom stereocenters. The molecule has 0 spiro atoms. The minimum Gasteiger partial charge on any atom is -0.389 e. The maximum absolute atomic E-state index is 13.6. The Bertz CT molecular complexity index is 578. The molecule has 1 atom stereocenters. The van der Waals surface area contributed by atoms with E-state index in [1.165, 1.54) is 7.11 Å². The van der Waals surface area contributed by atoms with Gasteiger partial charge in [0.1, 0.15) is 5.82 Å². The lowest BCUT2D eigenvalue weighted by molar-refractivity contribution is 0.0309. The van der Waals surface area contributed by atoms with Gasteiger partial charge in [0, 0.05) is 38.9 Å². The molecular formula is C16H21F3N2O3. The summed E-state index contributed by atoms with van der Waals surface area (Å²) >= 11 is 0. The third-order valence-electron chi connectivity index (χ3n) is 4.01. The first-order chi connectivity index (χ1) is 11.4. The fourth-order valence-corrected chi connectivity index (χ4v) is 2.76. The fraction of sp³-hybridized carbons (Fsp3) is 0.562. The Labute approximate surface area is 138 Å². The summed E-state index contributed by atoms with van der Waals surface area (Å²) in [4.78, 5) is 14.1. The van der Waals surface area contributed by atoms with Crippen molar-refractivity contribution >= 4 is 5.91 Å². The van der Waals surface area contributed by atoms with E-state index >= 15 is 0 Å². The molecule has 24 heavy (non-hydrogen) atoms. The highest BCUT2D eigenvalue weighted by Crippen LogP contribution is 2.16. The first kappa shape index (κ1) is 18.7. The SMILES string of the molecule is COCC(O)CN1CCC(NC(=O)c2cc(F)c(F)cc2F)CC1. The number of aliphatic hydroxyl groups is 1. The Morgan fingerprint density at radius 3 is 2.54 bits per heavy atom. The number of carbonyl (C=O) groups is 1. The largest absolute Gasteiger partial charge is 0.389 e. The quantitative estimate of drug-likeness (QED) is 0.763. The topological polar surface area (TPSA) is 61.8 Å². The third-order valence-corrected chi connectivity index (χ3v) is 4.01. The van der Waals surface area contributed by atoms with E-state index in [2.05, 4.69) is 5.32 Å². The molecule has 0 saturated carbocycles. The Balaban J connectivity index is 1.85. The number of ether oxygens (including phenoxy) is 1. The Morgan fingerprint density at radius 2 is 1.92 bits per heavy atom. The van der Waals surface area contributed by atoms with Crippen molar-refractivity contribution in [2.75, 3.05) is 33.4 Å². The highest BCUT2D eigenvalue weighted by atomic mass is 19.2. The molecule has 134 valence electrons. The summed E-state index contributed by atoms with van der Waals surface area (Å²) < 4.78 is 44.5. The first-order valence-electron chi connectivity index (χ1n) is 7.75. The maximum atomic E-state index is 13.6. The van der Waals surface area contributed by atoms with Crippen LogP contribution in [0.25, 0.3) is 0 Å². The van der Waals surface area contributed by atoms with Crippen LogP contribution in [0.15, 0.2) is 12.1 Å². The minimum absolute atomic E-state index is 0.180. The van der Waals surface area contributed by atoms with Crippen LogP contribution in [0, 0.1) is 17.5 Å². The van der Waals surface area contributed by atoms with E-state index < -0.39 is 35.0 Å². The summed E-state index contributed by atoms with van der Waals surface area (Å²) in [7, 11) is 1.52. The van der Waals surface area contributed by atoms with Gasteiger partial charge >= 0.3 is 0 Å². The molecule has 0 aliphatic carbocycles. The van der Waals surface area contributed by atoms with Crippen LogP contribution in [0.1, 0.15) is 23.2 Å². The van der Waals surface area contributed by atoms with Crippen molar-refractivity contribution in [2.24, 2.45) is 0 Å². The van der Waals surface area contributed by atoms with Crippen LogP contribution in [0.5, 0.6) is 0 Å². The van der Waals surface area contributed by atoms with Gasteiger partial charge in [0.05, 0.1) is 18.3 Å². The van der Waals surface area contributed by atoms with Crippen molar-refractivity contribution in [3.05, 3.63) is 35.1 Å². The monoisotopic (exact) mass is 346 g/mol. The van der Waals surface area contributed by atoms with Crippen LogP contribution < -0.4 is 5.32 Å². The third kappa shape index (κ3) is 4.93. The van der Waals surface area contributed by atoms with Crippen molar-refractivity contribution in [2.45, 2.75) is 25.0 Å². The molecule has 1 aromatic rings. The van der Waals surface area contributed by atoms with E-state index in [0.717, 1.165) is 0 Å². The molecule has 1 saturated heterocycles. The van der Waals surface area contributed by atoms with E-state index in [1.807, 2.05) is 4.90 Å². The smallest absolute Gasteiger partial charge is 0.254 e. The lowest BCUT2D eigenvalue weighted by Gasteiger charge is -2.33. The molecular weight excluding hydrogens is 325 g/mol. The number of methoxy groups -OCH3 is 1. The van der Waals surface area contributed by atoms with E-state index in [4.69, 9.17) is 4.74 Å². The number of rotatable bonds is 6. The number of amides is 1. The second kappa shape index (κ2) is 8.46. The van der Waals surface area contributed by atoms with E-state index in [9.17, 15) is 23.1 Å². The minimum atomic E-state index is -1.33. The van der Waals surface area contributed by atoms with E-state index in [1.54, 1.807) is 0 Å². The number of aliphatic hydroxyl groups excluding tert-OH is 1. The normalized spacial score (nSPS) is 17.7. The summed E-state index contributed by atoms with van der Waals surface area (Å²) in [5.41, 5.74) is -0.508. The number of hydrogen-bond donors (Lipinski definition) is 2. The van der Waals surface area contributed by atoms with Crippen molar-refractivity contribution in [1.29, 1.82) is 0 Å². The molecule has 0 radical (unpaired) electrons. The lowest BCUT2D eigenvalue weighted by Crippen LogP contribution is -2.47. The second-order valence-electron chi connectivity index (χ2n) is 5.90. The zero-order valence-corrected chi connectivity index (χ0v) is 13.4. The number of nitrogens with one attached hydrogen (secondary N) is 1. The van der Waals surface area contributed by atoms with Gasteiger partial charge in [-0.2, -0.15) is 0 Å². The summed E-state index contributed by atoms with van der Waals surface area (Å²) in [6.45, 7) is 2.05. The van der Waals surface area contributed by atoms with Gasteiger partial charge < -0.3 is 20.1 Å². The van der Waals surface area contributed by atoms with Gasteiger partial charge in [-0.3, -0.25) is 4.79 Å². The number of benzene rings is 1. The summed E-state index contributed by atoms with van der Waals surface area (Å²) in [6, 6.07) is 0.751. The van der Waals surface area contributed by atoms with Gasteiger partial charge in [-0.1, -0.05) is 0 Å². The molecule has 0 bridgehead atoms. The van der Waals surface area contributed by atoms with Crippen molar-refractivity contribution in [1.82, 2.24) is 10.2 Å². The molecule has 0 aromatic heterocycles. The Kier molecular flexibility index (Phi) is 6.59. The van der Waals surface area contributed by atoms with Crippen LogP contribution in [0.2, 0.25) is 0 Å². The molecule has 1 amide bonds. The van der Waals surface area contributed by atoms with Gasteiger partial charge in [-0.15, -0.1) is 0 Å². The number of carbonyl (C=O) groups excluding carboxylic acids is 1. The Morgan fingerprint density at radius 1 is 1.29 bits per heavy atom. The van der Waals surface area contributed by atoms with Crippen molar-refractivity contribution < 1.29 is 27.8 Å². The lowest BCUT2D eigenvalue weighted by atomic mass is 10.0. The van der Waals surface area contributed by atoms with Crippen molar-refractivity contribution in [3.63, 3.8) is 0 Å². The molecule has 2 rings (SSSR count). The van der Waals surface area contributed by atoms with Crippen LogP contribution in [-0.4, -0.2) is 61.4 Å². The number of β-amino-alcohol motifs (C(OH)–C–C–N with tert-alkyl or cyclic N) is 1. The highest BCUT2D eigenvalue weighted by molar-refractivity contribution is 5.94. The fourth-order valence-electron chi connectivity index (χ4n) is 2.76. The predicted octanol–water partition coefficient (Wildman–Crippen LogP) is 1.31. The van der Waals surface area contributed by atoms with Crippen LogP contribution >= 0.6 is 0 Å². The standard InChI is InChI=1S/C16H21F3N2O3/c1-24-9-11(22)8-21-4-2-10(3-5-21)20-16(23)12-6-14(18)15(19)7-13(12)17/h6-7,10-11,22H,2-5,8-9H2,1H3,(H,20,23). The number of likely N-dealkylation sites (tertiary alicyclic amines) is 1. The highest BCUT2D eigenvalue weighted by Gasteiger charge is 2.24. The summed E-state index contributed by atoms with van der Waals surface area (Å²) in [5, 5.41) is 12.3. The molecule has 2 N–H and O–H groups in total. The van der Waals surface area contributed by atoms with E-state index in [-0.39, 0.29) is 12.6 Å². The van der Waals surface area contributed by atoms with Crippen LogP contribution in [-0.2, 0) is 4.74 Å². The predicted molar refractivity (Wildman–Crippen MR) is 81.1 cm³/mol. The van der Waals surface area contributed by atoms with Gasteiger partial charge in [-0.25, -0.2) is 13.2 Å². The molecule has 1 heterocycles. The molecule has 1 aromatic carbocycles. The number of nitrogens with zero attached hydrogens (tertiary/aromatic N) is 1. The number of halogens is 3. The average Bonchev–Trinajstić information content (AvgIpc) is 2.53. The first-order valence-corrected chi connectivity index (χ1v) is 7.75. The summed E-state index contributed by atoms with van der Waals surface area (Å²) in [6.07, 6.45) is 0.672. The summed E-state index contributed by atoms with van der Waals surface area (Å²) in [5.74, 6) is -4.44. The average molecular weight is 346 g/mol. The molecule has 5 nitrogen and oxygen atoms in total. The maximum Gasteiger partial charge on any atom is 0.254 e. The zero-order valence-electron chi connectivity index (χ0n) is 13.4. The van der Waals surface area contributed by atoms with Crippen molar-refractivity contribution in [3.8, 4) is 0 Å². The number of hydrogen-bond acceptors (Lipinski definition) is 4. The zero-order chi connectivity index (χ0) is 17.7. The molecule has 8 heteroatoms. The van der Waals surface area contributed by atoms with Gasteiger partial charge in [-0.05, 0) is 18.9 Å². The van der Waals surface area contributed by atoms with Gasteiger partial charge in [0.15, 0.2) is 11.6 Å². The van der Waals surface area contributed by atoms with Gasteiger partial charge in [0.25, 0.3) is 5.91 Å².